The van der Waals surface area contributed by atoms with Crippen LogP contribution in [0.3, 0.4) is 0 Å². The number of hydrogen-bond acceptors (Lipinski definition) is 4. The molecule has 0 aliphatic heterocycles. The third-order valence-corrected chi connectivity index (χ3v) is 5.32. The molecule has 2 aromatic carbocycles. The van der Waals surface area contributed by atoms with E-state index in [0.717, 1.165) is 27.5 Å². The Morgan fingerprint density at radius 2 is 1.88 bits per heavy atom. The molecule has 0 bridgehead atoms. The minimum atomic E-state index is -0.630. The highest BCUT2D eigenvalue weighted by Crippen LogP contribution is 2.29. The van der Waals surface area contributed by atoms with Crippen LogP contribution >= 0.6 is 11.8 Å². The minimum Gasteiger partial charge on any atom is -0.496 e. The van der Waals surface area contributed by atoms with Crippen LogP contribution in [-0.4, -0.2) is 25.3 Å². The molecule has 0 spiro atoms. The average molecular weight is 359 g/mol. The maximum Gasteiger partial charge on any atom is 0.241 e. The van der Waals surface area contributed by atoms with Gasteiger partial charge in [0.2, 0.25) is 5.91 Å². The lowest BCUT2D eigenvalue weighted by molar-refractivity contribution is -0.122. The van der Waals surface area contributed by atoms with E-state index in [0.29, 0.717) is 12.5 Å². The lowest BCUT2D eigenvalue weighted by Gasteiger charge is -2.16. The predicted octanol–water partition coefficient (Wildman–Crippen LogP) is 3.55. The summed E-state index contributed by atoms with van der Waals surface area (Å²) in [5.74, 6) is 1.95. The summed E-state index contributed by atoms with van der Waals surface area (Å²) in [5, 5.41) is 2.95. The van der Waals surface area contributed by atoms with Crippen molar-refractivity contribution in [2.45, 2.75) is 24.8 Å². The number of carbonyl (C=O) groups is 1. The molecule has 25 heavy (non-hydrogen) atoms. The van der Waals surface area contributed by atoms with Crippen LogP contribution < -0.4 is 15.8 Å². The fourth-order valence-corrected chi connectivity index (χ4v) is 3.39. The van der Waals surface area contributed by atoms with Gasteiger partial charge in [0.15, 0.2) is 0 Å². The predicted molar refractivity (Wildman–Crippen MR) is 104 cm³/mol. The summed E-state index contributed by atoms with van der Waals surface area (Å²) in [4.78, 5) is 13.4. The number of thioether (sulfide) groups is 1. The van der Waals surface area contributed by atoms with E-state index in [2.05, 4.69) is 12.2 Å². The van der Waals surface area contributed by atoms with E-state index in [1.54, 1.807) is 18.9 Å². The van der Waals surface area contributed by atoms with Crippen LogP contribution in [0, 0.1) is 12.8 Å². The smallest absolute Gasteiger partial charge is 0.241 e. The molecule has 0 saturated heterocycles. The fraction of sp³-hybridized carbons (Fsp3) is 0.350. The van der Waals surface area contributed by atoms with Crippen molar-refractivity contribution < 1.29 is 9.53 Å². The summed E-state index contributed by atoms with van der Waals surface area (Å²) in [5.41, 5.74) is 8.03. The molecular weight excluding hydrogens is 332 g/mol. The Morgan fingerprint density at radius 1 is 1.20 bits per heavy atom. The fourth-order valence-electron chi connectivity index (χ4n) is 2.34. The van der Waals surface area contributed by atoms with Gasteiger partial charge >= 0.3 is 0 Å². The van der Waals surface area contributed by atoms with Gasteiger partial charge < -0.3 is 15.8 Å². The van der Waals surface area contributed by atoms with Gasteiger partial charge in [0.05, 0.1) is 7.11 Å². The number of ether oxygens (including phenoxy) is 1. The molecule has 0 fully saturated rings. The summed E-state index contributed by atoms with van der Waals surface area (Å²) in [6.07, 6.45) is 0. The SMILES string of the molecule is COc1ccccc1SCC(C)CNC(=O)C(N)c1ccc(C)cc1. The first-order valence-corrected chi connectivity index (χ1v) is 9.35. The zero-order chi connectivity index (χ0) is 18.2. The van der Waals surface area contributed by atoms with E-state index in [9.17, 15) is 4.79 Å². The molecule has 0 saturated carbocycles. The number of carbonyl (C=O) groups excluding carboxylic acids is 1. The molecule has 0 aliphatic rings. The van der Waals surface area contributed by atoms with E-state index in [-0.39, 0.29) is 5.91 Å². The highest BCUT2D eigenvalue weighted by molar-refractivity contribution is 7.99. The highest BCUT2D eigenvalue weighted by atomic mass is 32.2. The van der Waals surface area contributed by atoms with Gasteiger partial charge in [0, 0.05) is 17.2 Å². The number of benzene rings is 2. The number of methoxy groups -OCH3 is 1. The van der Waals surface area contributed by atoms with Crippen LogP contribution in [-0.2, 0) is 4.79 Å². The number of para-hydroxylation sites is 1. The Bertz CT molecular complexity index is 688. The van der Waals surface area contributed by atoms with E-state index < -0.39 is 6.04 Å². The molecule has 0 aromatic heterocycles. The molecule has 2 unspecified atom stereocenters. The summed E-state index contributed by atoms with van der Waals surface area (Å²) in [6, 6.07) is 15.1. The second kappa shape index (κ2) is 9.49. The Balaban J connectivity index is 1.80. The number of hydrogen-bond donors (Lipinski definition) is 2. The first-order valence-electron chi connectivity index (χ1n) is 8.37. The first-order chi connectivity index (χ1) is 12.0. The topological polar surface area (TPSA) is 64.3 Å². The molecule has 0 aliphatic carbocycles. The number of nitrogens with two attached hydrogens (primary N) is 1. The van der Waals surface area contributed by atoms with Gasteiger partial charge in [-0.05, 0) is 30.5 Å². The lowest BCUT2D eigenvalue weighted by atomic mass is 10.1. The van der Waals surface area contributed by atoms with Crippen molar-refractivity contribution in [3.63, 3.8) is 0 Å². The maximum absolute atomic E-state index is 12.2. The number of amides is 1. The lowest BCUT2D eigenvalue weighted by Crippen LogP contribution is -2.36. The van der Waals surface area contributed by atoms with Crippen molar-refractivity contribution in [2.75, 3.05) is 19.4 Å². The van der Waals surface area contributed by atoms with E-state index in [4.69, 9.17) is 10.5 Å². The van der Waals surface area contributed by atoms with Crippen LogP contribution in [0.4, 0.5) is 0 Å². The molecule has 2 aromatic rings. The van der Waals surface area contributed by atoms with Gasteiger partial charge in [-0.15, -0.1) is 11.8 Å². The Hall–Kier alpha value is -1.98. The molecule has 3 N–H and O–H groups in total. The molecule has 1 amide bonds. The van der Waals surface area contributed by atoms with Gasteiger partial charge in [-0.25, -0.2) is 0 Å². The van der Waals surface area contributed by atoms with Gasteiger partial charge in [0.25, 0.3) is 0 Å². The average Bonchev–Trinajstić information content (AvgIpc) is 2.64. The Morgan fingerprint density at radius 3 is 2.56 bits per heavy atom. The second-order valence-corrected chi connectivity index (χ2v) is 7.26. The molecule has 0 heterocycles. The summed E-state index contributed by atoms with van der Waals surface area (Å²) in [7, 11) is 1.68. The molecule has 2 rings (SSSR count). The second-order valence-electron chi connectivity index (χ2n) is 6.20. The van der Waals surface area contributed by atoms with Crippen molar-refractivity contribution in [1.29, 1.82) is 0 Å². The normalized spacial score (nSPS) is 13.1. The molecule has 4 nitrogen and oxygen atoms in total. The van der Waals surface area contributed by atoms with Crippen molar-refractivity contribution in [3.05, 3.63) is 59.7 Å². The van der Waals surface area contributed by atoms with Gasteiger partial charge in [-0.1, -0.05) is 48.9 Å². The van der Waals surface area contributed by atoms with Crippen LogP contribution in [0.1, 0.15) is 24.1 Å². The van der Waals surface area contributed by atoms with Crippen LogP contribution in [0.15, 0.2) is 53.4 Å². The highest BCUT2D eigenvalue weighted by Gasteiger charge is 2.16. The van der Waals surface area contributed by atoms with Crippen molar-refractivity contribution >= 4 is 17.7 Å². The van der Waals surface area contributed by atoms with Gasteiger partial charge in [-0.2, -0.15) is 0 Å². The quantitative estimate of drug-likeness (QED) is 0.709. The van der Waals surface area contributed by atoms with Crippen LogP contribution in [0.2, 0.25) is 0 Å². The molecule has 2 atom stereocenters. The first kappa shape index (κ1) is 19.3. The number of aryl methyl sites for hydroxylation is 1. The van der Waals surface area contributed by atoms with Crippen LogP contribution in [0.25, 0.3) is 0 Å². The van der Waals surface area contributed by atoms with Gasteiger partial charge in [-0.3, -0.25) is 4.79 Å². The largest absolute Gasteiger partial charge is 0.496 e. The van der Waals surface area contributed by atoms with Crippen molar-refractivity contribution in [3.8, 4) is 5.75 Å². The van der Waals surface area contributed by atoms with Crippen molar-refractivity contribution in [1.82, 2.24) is 5.32 Å². The number of nitrogens with one attached hydrogen (secondary N) is 1. The minimum absolute atomic E-state index is 0.141. The molecular formula is C20H26N2O2S. The van der Waals surface area contributed by atoms with E-state index in [1.165, 1.54) is 0 Å². The van der Waals surface area contributed by atoms with E-state index >= 15 is 0 Å². The maximum atomic E-state index is 12.2. The zero-order valence-corrected chi connectivity index (χ0v) is 15.8. The Labute approximate surface area is 154 Å². The van der Waals surface area contributed by atoms with Gasteiger partial charge in [0.1, 0.15) is 11.8 Å². The van der Waals surface area contributed by atoms with E-state index in [1.807, 2.05) is 55.5 Å². The molecule has 0 radical (unpaired) electrons. The standard InChI is InChI=1S/C20H26N2O2S/c1-14-8-10-16(11-9-14)19(21)20(23)22-12-15(2)13-25-18-7-5-4-6-17(18)24-3/h4-11,15,19H,12-13,21H2,1-3H3,(H,22,23). The Kier molecular flexibility index (Phi) is 7.34. The third-order valence-electron chi connectivity index (χ3n) is 3.94. The summed E-state index contributed by atoms with van der Waals surface area (Å²) in [6.45, 7) is 4.72. The molecule has 134 valence electrons. The number of rotatable bonds is 8. The van der Waals surface area contributed by atoms with Crippen LogP contribution in [0.5, 0.6) is 5.75 Å². The third kappa shape index (κ3) is 5.80. The zero-order valence-electron chi connectivity index (χ0n) is 15.0. The summed E-state index contributed by atoms with van der Waals surface area (Å²) >= 11 is 1.73. The summed E-state index contributed by atoms with van der Waals surface area (Å²) < 4.78 is 5.36. The van der Waals surface area contributed by atoms with Crippen molar-refractivity contribution in [2.24, 2.45) is 11.7 Å². The monoisotopic (exact) mass is 358 g/mol. The molecule has 5 heteroatoms.